The zero-order chi connectivity index (χ0) is 32.3. The van der Waals surface area contributed by atoms with Crippen LogP contribution in [0.5, 0.6) is 11.5 Å². The highest BCUT2D eigenvalue weighted by Crippen LogP contribution is 2.46. The van der Waals surface area contributed by atoms with Gasteiger partial charge in [0, 0.05) is 59.8 Å². The Bertz CT molecular complexity index is 1360. The van der Waals surface area contributed by atoms with E-state index < -0.39 is 0 Å². The van der Waals surface area contributed by atoms with Crippen LogP contribution in [0.1, 0.15) is 41.9 Å². The summed E-state index contributed by atoms with van der Waals surface area (Å²) in [6.45, 7) is 2.89. The third kappa shape index (κ3) is 9.83. The Labute approximate surface area is 288 Å². The second-order valence-corrected chi connectivity index (χ2v) is 15.1. The van der Waals surface area contributed by atoms with Gasteiger partial charge in [-0.1, -0.05) is 48.0 Å². The summed E-state index contributed by atoms with van der Waals surface area (Å²) in [5, 5.41) is 3.99. The van der Waals surface area contributed by atoms with Gasteiger partial charge in [-0.3, -0.25) is 9.69 Å². The van der Waals surface area contributed by atoms with Crippen LogP contribution in [0.3, 0.4) is 0 Å². The number of hydrogen-bond acceptors (Lipinski definition) is 7. The number of thioether (sulfide) groups is 2. The van der Waals surface area contributed by atoms with Gasteiger partial charge in [-0.05, 0) is 91.2 Å². The molecule has 2 unspecified atom stereocenters. The van der Waals surface area contributed by atoms with Crippen molar-refractivity contribution in [3.05, 3.63) is 94.5 Å². The molecule has 2 bridgehead atoms. The maximum absolute atomic E-state index is 13.3. The number of halogens is 1. The first kappa shape index (κ1) is 35.0. The minimum atomic E-state index is 0.113. The van der Waals surface area contributed by atoms with Crippen molar-refractivity contribution in [1.82, 2.24) is 15.1 Å². The van der Waals surface area contributed by atoms with Crippen molar-refractivity contribution >= 4 is 41.0 Å². The number of fused-ring (bicyclic) bond motifs is 2. The molecule has 0 aliphatic carbocycles. The molecule has 2 aliphatic rings. The monoisotopic (exact) mass is 681 g/mol. The molecule has 2 fully saturated rings. The lowest BCUT2D eigenvalue weighted by molar-refractivity contribution is -0.122. The number of ether oxygens (including phenoxy) is 2. The maximum Gasteiger partial charge on any atom is 0.234 e. The van der Waals surface area contributed by atoms with Crippen LogP contribution in [0.2, 0.25) is 5.02 Å². The van der Waals surface area contributed by atoms with E-state index in [-0.39, 0.29) is 5.91 Å². The summed E-state index contributed by atoms with van der Waals surface area (Å²) >= 11 is 10.0. The molecule has 2 saturated heterocycles. The zero-order valence-electron chi connectivity index (χ0n) is 27.3. The Kier molecular flexibility index (Phi) is 13.4. The molecule has 9 heteroatoms. The molecular formula is C37H48ClN3O3S2. The molecule has 6 nitrogen and oxygen atoms in total. The van der Waals surface area contributed by atoms with Gasteiger partial charge < -0.3 is 19.7 Å². The summed E-state index contributed by atoms with van der Waals surface area (Å²) in [5.74, 6) is 6.51. The third-order valence-electron chi connectivity index (χ3n) is 9.54. The fraction of sp³-hybridized carbons (Fsp3) is 0.486. The number of rotatable bonds is 17. The van der Waals surface area contributed by atoms with E-state index in [1.54, 1.807) is 14.2 Å². The van der Waals surface area contributed by atoms with Crippen molar-refractivity contribution < 1.29 is 14.3 Å². The Hall–Kier alpha value is -2.36. The highest BCUT2D eigenvalue weighted by Gasteiger charge is 2.46. The Morgan fingerprint density at radius 2 is 1.50 bits per heavy atom. The van der Waals surface area contributed by atoms with Crippen LogP contribution in [-0.4, -0.2) is 86.7 Å². The van der Waals surface area contributed by atoms with Gasteiger partial charge >= 0.3 is 0 Å². The summed E-state index contributed by atoms with van der Waals surface area (Å²) in [4.78, 5) is 18.3. The van der Waals surface area contributed by atoms with E-state index in [0.29, 0.717) is 37.0 Å². The van der Waals surface area contributed by atoms with E-state index in [9.17, 15) is 4.79 Å². The summed E-state index contributed by atoms with van der Waals surface area (Å²) in [6.07, 6.45) is 3.65. The van der Waals surface area contributed by atoms with Crippen LogP contribution in [0.4, 0.5) is 0 Å². The smallest absolute Gasteiger partial charge is 0.234 e. The first-order chi connectivity index (χ1) is 22.4. The van der Waals surface area contributed by atoms with Crippen LogP contribution in [0.25, 0.3) is 0 Å². The topological polar surface area (TPSA) is 54.0 Å². The Morgan fingerprint density at radius 1 is 0.891 bits per heavy atom. The molecule has 1 amide bonds. The predicted octanol–water partition coefficient (Wildman–Crippen LogP) is 7.21. The van der Waals surface area contributed by atoms with Gasteiger partial charge in [0.25, 0.3) is 0 Å². The quantitative estimate of drug-likeness (QED) is 0.151. The molecule has 2 aliphatic heterocycles. The minimum absolute atomic E-state index is 0.113. The van der Waals surface area contributed by atoms with Gasteiger partial charge in [-0.15, -0.1) is 0 Å². The second-order valence-electron chi connectivity index (χ2n) is 12.4. The standard InChI is InChI=1S/C37H48ClN3O3S2/c1-40-31-12-17-36(40)35(34(22-31)29-8-10-30(38)11-9-29)23-41(19-21-46-26-28-6-15-33(44-3)16-7-28)24-37(42)39-18-20-45-25-27-4-13-32(43-2)14-5-27/h4-11,13-16,31,34-36H,12,17-26H2,1-3H3,(H,39,42)/t31-,34?,35?,36-/m0/s1. The Balaban J connectivity index is 1.18. The van der Waals surface area contributed by atoms with Crippen LogP contribution in [0, 0.1) is 5.92 Å². The van der Waals surface area contributed by atoms with Gasteiger partial charge in [0.05, 0.1) is 20.8 Å². The number of amides is 1. The number of benzene rings is 3. The molecule has 2 heterocycles. The first-order valence-corrected chi connectivity index (χ1v) is 19.0. The van der Waals surface area contributed by atoms with Crippen LogP contribution in [0.15, 0.2) is 72.8 Å². The number of methoxy groups -OCH3 is 2. The maximum atomic E-state index is 13.3. The molecule has 0 saturated carbocycles. The third-order valence-corrected chi connectivity index (χ3v) is 11.8. The van der Waals surface area contributed by atoms with Gasteiger partial charge in [-0.25, -0.2) is 0 Å². The SMILES string of the molecule is COc1ccc(CSCCNC(=O)CN(CCSCc2ccc(OC)cc2)CC2C(c3ccc(Cl)cc3)C[C@@H]3CC[C@@H]2N3C)cc1. The van der Waals surface area contributed by atoms with E-state index in [4.69, 9.17) is 21.1 Å². The molecule has 3 aromatic rings. The molecule has 4 atom stereocenters. The average Bonchev–Trinajstić information content (AvgIpc) is 3.32. The first-order valence-electron chi connectivity index (χ1n) is 16.3. The molecule has 3 aromatic carbocycles. The fourth-order valence-corrected chi connectivity index (χ4v) is 8.90. The molecule has 248 valence electrons. The predicted molar refractivity (Wildman–Crippen MR) is 195 cm³/mol. The van der Waals surface area contributed by atoms with Crippen molar-refractivity contribution in [1.29, 1.82) is 0 Å². The molecule has 5 rings (SSSR count). The molecule has 0 aromatic heterocycles. The Morgan fingerprint density at radius 3 is 2.11 bits per heavy atom. The van der Waals surface area contributed by atoms with E-state index >= 15 is 0 Å². The number of piperidine rings is 1. The van der Waals surface area contributed by atoms with Crippen LogP contribution < -0.4 is 14.8 Å². The molecule has 0 radical (unpaired) electrons. The minimum Gasteiger partial charge on any atom is -0.497 e. The molecule has 0 spiro atoms. The zero-order valence-corrected chi connectivity index (χ0v) is 29.7. The highest BCUT2D eigenvalue weighted by molar-refractivity contribution is 7.98. The molecule has 46 heavy (non-hydrogen) atoms. The van der Waals surface area contributed by atoms with Crippen LogP contribution in [-0.2, 0) is 16.3 Å². The second kappa shape index (κ2) is 17.7. The van der Waals surface area contributed by atoms with Crippen molar-refractivity contribution in [3.63, 3.8) is 0 Å². The molecule has 1 N–H and O–H groups in total. The largest absolute Gasteiger partial charge is 0.497 e. The van der Waals surface area contributed by atoms with Crippen molar-refractivity contribution in [2.75, 3.05) is 59.0 Å². The van der Waals surface area contributed by atoms with Crippen LogP contribution >= 0.6 is 35.1 Å². The van der Waals surface area contributed by atoms with E-state index in [1.165, 1.54) is 29.5 Å². The lowest BCUT2D eigenvalue weighted by atomic mass is 9.76. The number of carbonyl (C=O) groups excluding carboxylic acids is 1. The number of nitrogens with one attached hydrogen (secondary N) is 1. The molecular weight excluding hydrogens is 634 g/mol. The van der Waals surface area contributed by atoms with E-state index in [0.717, 1.165) is 59.0 Å². The average molecular weight is 682 g/mol. The van der Waals surface area contributed by atoms with Crippen molar-refractivity contribution in [2.24, 2.45) is 5.92 Å². The summed E-state index contributed by atoms with van der Waals surface area (Å²) < 4.78 is 10.6. The number of carbonyl (C=O) groups is 1. The summed E-state index contributed by atoms with van der Waals surface area (Å²) in [5.41, 5.74) is 3.93. The van der Waals surface area contributed by atoms with Gasteiger partial charge in [0.1, 0.15) is 11.5 Å². The normalized spacial score (nSPS) is 21.0. The van der Waals surface area contributed by atoms with Crippen molar-refractivity contribution in [3.8, 4) is 11.5 Å². The lowest BCUT2D eigenvalue weighted by Gasteiger charge is -2.45. The van der Waals surface area contributed by atoms with E-state index in [1.807, 2.05) is 59.9 Å². The summed E-state index contributed by atoms with van der Waals surface area (Å²) in [7, 11) is 5.69. The van der Waals surface area contributed by atoms with Gasteiger partial charge in [0.2, 0.25) is 5.91 Å². The van der Waals surface area contributed by atoms with Gasteiger partial charge in [-0.2, -0.15) is 23.5 Å². The summed E-state index contributed by atoms with van der Waals surface area (Å²) in [6, 6.07) is 26.2. The highest BCUT2D eigenvalue weighted by atomic mass is 35.5. The van der Waals surface area contributed by atoms with E-state index in [2.05, 4.69) is 58.6 Å². The number of nitrogens with zero attached hydrogens (tertiary/aromatic N) is 2. The lowest BCUT2D eigenvalue weighted by Crippen LogP contribution is -2.51. The number of hydrogen-bond donors (Lipinski definition) is 1. The van der Waals surface area contributed by atoms with Crippen molar-refractivity contribution in [2.45, 2.75) is 48.8 Å². The fourth-order valence-electron chi connectivity index (χ4n) is 6.99. The van der Waals surface area contributed by atoms with Gasteiger partial charge in [0.15, 0.2) is 0 Å².